The van der Waals surface area contributed by atoms with Crippen molar-refractivity contribution in [1.29, 1.82) is 0 Å². The summed E-state index contributed by atoms with van der Waals surface area (Å²) in [6.07, 6.45) is 0. The molecule has 1 aromatic rings. The van der Waals surface area contributed by atoms with Crippen molar-refractivity contribution < 1.29 is 23.0 Å². The monoisotopic (exact) mass is 253 g/mol. The first-order valence-corrected chi connectivity index (χ1v) is 5.32. The zero-order valence-electron chi connectivity index (χ0n) is 7.07. The number of hydrogen-bond donors (Lipinski definition) is 1. The van der Waals surface area contributed by atoms with Crippen molar-refractivity contribution in [3.63, 3.8) is 0 Å². The molecule has 0 fully saturated rings. The molecule has 82 valence electrons. The first-order valence-electron chi connectivity index (χ1n) is 3.52. The van der Waals surface area contributed by atoms with E-state index in [9.17, 15) is 14.7 Å². The Balaban J connectivity index is 2.82. The highest BCUT2D eigenvalue weighted by Gasteiger charge is 2.22. The van der Waals surface area contributed by atoms with E-state index < -0.39 is 12.7 Å². The summed E-state index contributed by atoms with van der Waals surface area (Å²) in [7, 11) is -4.34. The standard InChI is InChI=1S/C6H5ClNO6P/c7-14-15(11,12)13-6-3-1-5(2-4-6)8(9)10/h1-4H,(H,11,12). The van der Waals surface area contributed by atoms with Crippen LogP contribution in [0.5, 0.6) is 5.75 Å². The van der Waals surface area contributed by atoms with Crippen molar-refractivity contribution in [2.75, 3.05) is 0 Å². The van der Waals surface area contributed by atoms with E-state index in [2.05, 4.69) is 20.5 Å². The largest absolute Gasteiger partial charge is 0.544 e. The van der Waals surface area contributed by atoms with Crippen LogP contribution in [0, 0.1) is 10.1 Å². The van der Waals surface area contributed by atoms with Crippen LogP contribution in [0.2, 0.25) is 0 Å². The van der Waals surface area contributed by atoms with Crippen molar-refractivity contribution in [3.05, 3.63) is 34.4 Å². The maximum absolute atomic E-state index is 10.8. The van der Waals surface area contributed by atoms with Gasteiger partial charge in [-0.15, -0.1) is 0 Å². The topological polar surface area (TPSA) is 98.9 Å². The van der Waals surface area contributed by atoms with Gasteiger partial charge in [0, 0.05) is 12.1 Å². The average molecular weight is 254 g/mol. The maximum atomic E-state index is 10.8. The van der Waals surface area contributed by atoms with Gasteiger partial charge >= 0.3 is 7.82 Å². The fraction of sp³-hybridized carbons (Fsp3) is 0. The van der Waals surface area contributed by atoms with Gasteiger partial charge in [-0.25, -0.2) is 4.57 Å². The number of benzene rings is 1. The third kappa shape index (κ3) is 3.49. The van der Waals surface area contributed by atoms with Crippen LogP contribution in [0.4, 0.5) is 5.69 Å². The molecule has 1 N–H and O–H groups in total. The zero-order chi connectivity index (χ0) is 11.5. The van der Waals surface area contributed by atoms with Crippen LogP contribution < -0.4 is 4.52 Å². The molecule has 0 radical (unpaired) electrons. The van der Waals surface area contributed by atoms with E-state index in [1.165, 1.54) is 0 Å². The highest BCUT2D eigenvalue weighted by Crippen LogP contribution is 2.45. The number of nitrogens with zero attached hydrogens (tertiary/aromatic N) is 1. The van der Waals surface area contributed by atoms with Crippen LogP contribution in [0.3, 0.4) is 0 Å². The summed E-state index contributed by atoms with van der Waals surface area (Å²) in [6.45, 7) is 0. The normalized spacial score (nSPS) is 14.3. The number of hydrogen-bond acceptors (Lipinski definition) is 5. The molecule has 0 aromatic heterocycles. The average Bonchev–Trinajstić information content (AvgIpc) is 2.18. The van der Waals surface area contributed by atoms with Crippen LogP contribution in [0.25, 0.3) is 0 Å². The lowest BCUT2D eigenvalue weighted by atomic mass is 10.3. The van der Waals surface area contributed by atoms with Crippen LogP contribution in [-0.2, 0) is 8.64 Å². The predicted molar refractivity (Wildman–Crippen MR) is 50.5 cm³/mol. The Morgan fingerprint density at radius 1 is 1.40 bits per heavy atom. The molecule has 1 atom stereocenters. The molecule has 7 nitrogen and oxygen atoms in total. The van der Waals surface area contributed by atoms with Gasteiger partial charge in [-0.3, -0.25) is 15.0 Å². The number of nitro benzene ring substituents is 1. The van der Waals surface area contributed by atoms with Crippen LogP contribution in [-0.4, -0.2) is 9.82 Å². The Morgan fingerprint density at radius 2 is 1.93 bits per heavy atom. The van der Waals surface area contributed by atoms with Gasteiger partial charge in [-0.1, -0.05) is 0 Å². The summed E-state index contributed by atoms with van der Waals surface area (Å²) < 4.78 is 18.9. The van der Waals surface area contributed by atoms with Crippen molar-refractivity contribution >= 4 is 25.4 Å². The smallest absolute Gasteiger partial charge is 0.403 e. The number of nitro groups is 1. The molecule has 1 unspecified atom stereocenters. The fourth-order valence-electron chi connectivity index (χ4n) is 0.776. The van der Waals surface area contributed by atoms with E-state index >= 15 is 0 Å². The third-order valence-corrected chi connectivity index (χ3v) is 2.49. The Bertz CT molecular complexity index is 407. The summed E-state index contributed by atoms with van der Waals surface area (Å²) in [5, 5.41) is 10.3. The molecular formula is C6H5ClNO6P. The van der Waals surface area contributed by atoms with Gasteiger partial charge in [0.05, 0.1) is 16.8 Å². The van der Waals surface area contributed by atoms with E-state index in [4.69, 9.17) is 4.89 Å². The Hall–Kier alpha value is -1.14. The minimum Gasteiger partial charge on any atom is -0.403 e. The lowest BCUT2D eigenvalue weighted by Gasteiger charge is -2.07. The van der Waals surface area contributed by atoms with Crippen LogP contribution >= 0.6 is 19.7 Å². The van der Waals surface area contributed by atoms with Gasteiger partial charge in [0.15, 0.2) is 0 Å². The number of non-ortho nitro benzene ring substituents is 1. The van der Waals surface area contributed by atoms with Gasteiger partial charge in [0.2, 0.25) is 0 Å². The van der Waals surface area contributed by atoms with Gasteiger partial charge < -0.3 is 4.52 Å². The lowest BCUT2D eigenvalue weighted by Crippen LogP contribution is -1.92. The van der Waals surface area contributed by atoms with Gasteiger partial charge in [0.1, 0.15) is 5.75 Å². The highest BCUT2D eigenvalue weighted by atomic mass is 35.5. The highest BCUT2D eigenvalue weighted by molar-refractivity contribution is 7.48. The van der Waals surface area contributed by atoms with Crippen molar-refractivity contribution in [3.8, 4) is 5.75 Å². The van der Waals surface area contributed by atoms with Crippen LogP contribution in [0.15, 0.2) is 24.3 Å². The first-order chi connectivity index (χ1) is 6.94. The second-order valence-electron chi connectivity index (χ2n) is 2.38. The van der Waals surface area contributed by atoms with E-state index in [1.54, 1.807) is 0 Å². The molecule has 1 rings (SSSR count). The molecule has 0 saturated heterocycles. The molecule has 0 amide bonds. The Labute approximate surface area is 89.1 Å². The number of rotatable bonds is 4. The van der Waals surface area contributed by atoms with Crippen LogP contribution in [0.1, 0.15) is 0 Å². The molecule has 0 bridgehead atoms. The second-order valence-corrected chi connectivity index (χ2v) is 4.05. The van der Waals surface area contributed by atoms with Crippen molar-refractivity contribution in [2.45, 2.75) is 0 Å². The van der Waals surface area contributed by atoms with E-state index in [0.717, 1.165) is 24.3 Å². The minimum atomic E-state index is -4.34. The molecule has 0 aliphatic heterocycles. The summed E-state index contributed by atoms with van der Waals surface area (Å²) in [5.41, 5.74) is -0.165. The van der Waals surface area contributed by atoms with Gasteiger partial charge in [-0.2, -0.15) is 4.08 Å². The summed E-state index contributed by atoms with van der Waals surface area (Å²) in [6, 6.07) is 4.53. The van der Waals surface area contributed by atoms with E-state index in [1.807, 2.05) is 0 Å². The number of phosphoric acid groups is 1. The molecule has 0 spiro atoms. The lowest BCUT2D eigenvalue weighted by molar-refractivity contribution is -0.384. The summed E-state index contributed by atoms with van der Waals surface area (Å²) in [4.78, 5) is 18.5. The third-order valence-electron chi connectivity index (χ3n) is 1.36. The van der Waals surface area contributed by atoms with E-state index in [-0.39, 0.29) is 11.4 Å². The van der Waals surface area contributed by atoms with Gasteiger partial charge in [-0.05, 0) is 12.1 Å². The number of phosphoric ester groups is 1. The number of halogens is 1. The SMILES string of the molecule is O=[N+]([O-])c1ccc(OP(=O)(O)OCl)cc1. The molecule has 15 heavy (non-hydrogen) atoms. The fourth-order valence-corrected chi connectivity index (χ4v) is 1.28. The molecule has 0 heterocycles. The molecule has 0 saturated carbocycles. The minimum absolute atomic E-state index is 0.0629. The molecule has 0 aliphatic rings. The predicted octanol–water partition coefficient (Wildman–Crippen LogP) is 2.24. The zero-order valence-corrected chi connectivity index (χ0v) is 8.72. The molecule has 1 aromatic carbocycles. The first kappa shape index (κ1) is 11.9. The molecular weight excluding hydrogens is 248 g/mol. The maximum Gasteiger partial charge on any atom is 0.544 e. The summed E-state index contributed by atoms with van der Waals surface area (Å²) >= 11 is 4.68. The van der Waals surface area contributed by atoms with Crippen molar-refractivity contribution in [1.82, 2.24) is 0 Å². The molecule has 0 aliphatic carbocycles. The Morgan fingerprint density at radius 3 is 2.33 bits per heavy atom. The summed E-state index contributed by atoms with van der Waals surface area (Å²) in [5.74, 6) is -0.0629. The quantitative estimate of drug-likeness (QED) is 0.502. The van der Waals surface area contributed by atoms with E-state index in [0.29, 0.717) is 0 Å². The molecule has 9 heteroatoms. The second kappa shape index (κ2) is 4.59. The van der Waals surface area contributed by atoms with Crippen molar-refractivity contribution in [2.24, 2.45) is 0 Å². The van der Waals surface area contributed by atoms with Gasteiger partial charge in [0.25, 0.3) is 5.69 Å². The Kier molecular flexibility index (Phi) is 3.65.